The van der Waals surface area contributed by atoms with E-state index in [2.05, 4.69) is 25.4 Å². The summed E-state index contributed by atoms with van der Waals surface area (Å²) in [6, 6.07) is 0.516. The standard InChI is InChI=1S/C19H26N6O/c26-18-8-13(11-25(18)15-6-7-15)10-24-12-17(21-23-24)16-9-20-22-19(16)14-4-2-1-3-5-14/h9,12-15H,1-8,10-11H2,(H,20,22). The van der Waals surface area contributed by atoms with E-state index in [0.717, 1.165) is 24.3 Å². The summed E-state index contributed by atoms with van der Waals surface area (Å²) in [6.07, 6.45) is 13.3. The van der Waals surface area contributed by atoms with Gasteiger partial charge in [0.2, 0.25) is 5.91 Å². The average molecular weight is 354 g/mol. The number of amides is 1. The zero-order chi connectivity index (χ0) is 17.5. The number of nitrogens with one attached hydrogen (secondary N) is 1. The first-order valence-electron chi connectivity index (χ1n) is 10.0. The second-order valence-corrected chi connectivity index (χ2v) is 8.21. The number of H-pyrrole nitrogens is 1. The van der Waals surface area contributed by atoms with E-state index in [1.165, 1.54) is 50.6 Å². The van der Waals surface area contributed by atoms with Crippen LogP contribution in [0.15, 0.2) is 12.4 Å². The molecule has 3 fully saturated rings. The molecule has 1 N–H and O–H groups in total. The summed E-state index contributed by atoms with van der Waals surface area (Å²) in [5.41, 5.74) is 3.20. The topological polar surface area (TPSA) is 79.7 Å². The molecule has 1 atom stereocenters. The van der Waals surface area contributed by atoms with Gasteiger partial charge < -0.3 is 4.90 Å². The number of aromatic amines is 1. The average Bonchev–Trinajstić information content (AvgIpc) is 3.06. The SMILES string of the molecule is O=C1CC(Cn2cc(-c3cn[nH]c3C3CCCCC3)nn2)CN1C1CC1. The lowest BCUT2D eigenvalue weighted by atomic mass is 9.85. The number of carbonyl (C=O) groups is 1. The largest absolute Gasteiger partial charge is 0.339 e. The third-order valence-electron chi connectivity index (χ3n) is 6.17. The molecule has 7 nitrogen and oxygen atoms in total. The molecule has 0 radical (unpaired) electrons. The quantitative estimate of drug-likeness (QED) is 0.895. The van der Waals surface area contributed by atoms with Gasteiger partial charge in [-0.05, 0) is 25.7 Å². The highest BCUT2D eigenvalue weighted by Crippen LogP contribution is 2.36. The van der Waals surface area contributed by atoms with E-state index in [1.807, 2.05) is 17.1 Å². The zero-order valence-electron chi connectivity index (χ0n) is 15.1. The fourth-order valence-corrected chi connectivity index (χ4v) is 4.65. The minimum atomic E-state index is 0.312. The van der Waals surface area contributed by atoms with E-state index in [-0.39, 0.29) is 0 Å². The Morgan fingerprint density at radius 1 is 1.15 bits per heavy atom. The number of likely N-dealkylation sites (tertiary alicyclic amines) is 1. The molecule has 2 saturated carbocycles. The van der Waals surface area contributed by atoms with Crippen LogP contribution >= 0.6 is 0 Å². The smallest absolute Gasteiger partial charge is 0.223 e. The van der Waals surface area contributed by atoms with Crippen LogP contribution in [-0.2, 0) is 11.3 Å². The van der Waals surface area contributed by atoms with Crippen LogP contribution in [0.4, 0.5) is 0 Å². The van der Waals surface area contributed by atoms with Crippen molar-refractivity contribution in [1.29, 1.82) is 0 Å². The fourth-order valence-electron chi connectivity index (χ4n) is 4.65. The Morgan fingerprint density at radius 3 is 2.81 bits per heavy atom. The van der Waals surface area contributed by atoms with E-state index in [9.17, 15) is 4.79 Å². The second kappa shape index (κ2) is 6.52. The molecule has 0 aromatic carbocycles. The van der Waals surface area contributed by atoms with Crippen molar-refractivity contribution < 1.29 is 4.79 Å². The normalized spacial score (nSPS) is 24.5. The Kier molecular flexibility index (Phi) is 4.02. The molecular formula is C19H26N6O. The predicted molar refractivity (Wildman–Crippen MR) is 96.3 cm³/mol. The van der Waals surface area contributed by atoms with Gasteiger partial charge in [-0.2, -0.15) is 5.10 Å². The van der Waals surface area contributed by atoms with Crippen LogP contribution in [0.3, 0.4) is 0 Å². The van der Waals surface area contributed by atoms with Gasteiger partial charge in [-0.1, -0.05) is 24.5 Å². The molecule has 2 aliphatic carbocycles. The lowest BCUT2D eigenvalue weighted by molar-refractivity contribution is -0.128. The van der Waals surface area contributed by atoms with Crippen molar-refractivity contribution in [3.63, 3.8) is 0 Å². The molecule has 7 heteroatoms. The molecule has 0 bridgehead atoms. The van der Waals surface area contributed by atoms with Gasteiger partial charge in [0, 0.05) is 48.6 Å². The van der Waals surface area contributed by atoms with Gasteiger partial charge >= 0.3 is 0 Å². The Labute approximate surface area is 153 Å². The van der Waals surface area contributed by atoms with Gasteiger partial charge in [-0.3, -0.25) is 14.6 Å². The third-order valence-corrected chi connectivity index (χ3v) is 6.17. The van der Waals surface area contributed by atoms with E-state index >= 15 is 0 Å². The molecule has 1 amide bonds. The number of nitrogens with zero attached hydrogens (tertiary/aromatic N) is 5. The summed E-state index contributed by atoms with van der Waals surface area (Å²) < 4.78 is 1.90. The Hall–Kier alpha value is -2.18. The Bertz CT molecular complexity index is 786. The number of aromatic nitrogens is 5. The summed E-state index contributed by atoms with van der Waals surface area (Å²) in [5.74, 6) is 1.22. The van der Waals surface area contributed by atoms with Gasteiger partial charge in [0.1, 0.15) is 5.69 Å². The molecule has 1 saturated heterocycles. The number of carbonyl (C=O) groups excluding carboxylic acids is 1. The summed E-state index contributed by atoms with van der Waals surface area (Å²) in [4.78, 5) is 14.2. The van der Waals surface area contributed by atoms with Crippen LogP contribution < -0.4 is 0 Å². The molecule has 1 aliphatic heterocycles. The molecule has 138 valence electrons. The first-order valence-corrected chi connectivity index (χ1v) is 10.0. The van der Waals surface area contributed by atoms with Crippen molar-refractivity contribution in [1.82, 2.24) is 30.1 Å². The summed E-state index contributed by atoms with van der Waals surface area (Å²) >= 11 is 0. The van der Waals surface area contributed by atoms with Crippen LogP contribution in [0.2, 0.25) is 0 Å². The number of hydrogen-bond donors (Lipinski definition) is 1. The van der Waals surface area contributed by atoms with Crippen molar-refractivity contribution in [2.75, 3.05) is 6.54 Å². The number of hydrogen-bond acceptors (Lipinski definition) is 4. The molecule has 5 rings (SSSR count). The fraction of sp³-hybridized carbons (Fsp3) is 0.684. The molecule has 1 unspecified atom stereocenters. The van der Waals surface area contributed by atoms with Crippen molar-refractivity contribution in [2.45, 2.75) is 69.9 Å². The highest BCUT2D eigenvalue weighted by Gasteiger charge is 2.39. The predicted octanol–water partition coefficient (Wildman–Crippen LogP) is 2.73. The Morgan fingerprint density at radius 2 is 2.00 bits per heavy atom. The van der Waals surface area contributed by atoms with Crippen LogP contribution in [0.5, 0.6) is 0 Å². The van der Waals surface area contributed by atoms with Crippen LogP contribution in [0.1, 0.15) is 63.0 Å². The first-order chi connectivity index (χ1) is 12.8. The monoisotopic (exact) mass is 354 g/mol. The minimum Gasteiger partial charge on any atom is -0.339 e. The Balaban J connectivity index is 1.29. The van der Waals surface area contributed by atoms with E-state index in [1.54, 1.807) is 0 Å². The molecule has 3 aliphatic rings. The molecule has 2 aromatic heterocycles. The van der Waals surface area contributed by atoms with Gasteiger partial charge in [-0.25, -0.2) is 0 Å². The third kappa shape index (κ3) is 3.04. The summed E-state index contributed by atoms with van der Waals surface area (Å²) in [6.45, 7) is 1.64. The number of rotatable bonds is 5. The lowest BCUT2D eigenvalue weighted by Gasteiger charge is -2.21. The van der Waals surface area contributed by atoms with Crippen LogP contribution in [-0.4, -0.2) is 48.6 Å². The van der Waals surface area contributed by atoms with E-state index < -0.39 is 0 Å². The van der Waals surface area contributed by atoms with E-state index in [4.69, 9.17) is 0 Å². The molecular weight excluding hydrogens is 328 g/mol. The highest BCUT2D eigenvalue weighted by molar-refractivity contribution is 5.79. The van der Waals surface area contributed by atoms with Crippen LogP contribution in [0.25, 0.3) is 11.3 Å². The maximum Gasteiger partial charge on any atom is 0.223 e. The highest BCUT2D eigenvalue weighted by atomic mass is 16.2. The maximum absolute atomic E-state index is 12.1. The van der Waals surface area contributed by atoms with Crippen molar-refractivity contribution in [3.05, 3.63) is 18.1 Å². The molecule has 3 heterocycles. The van der Waals surface area contributed by atoms with Crippen molar-refractivity contribution >= 4 is 5.91 Å². The van der Waals surface area contributed by atoms with Crippen molar-refractivity contribution in [3.8, 4) is 11.3 Å². The molecule has 0 spiro atoms. The van der Waals surface area contributed by atoms with Crippen LogP contribution in [0, 0.1) is 5.92 Å². The minimum absolute atomic E-state index is 0.312. The summed E-state index contributed by atoms with van der Waals surface area (Å²) in [7, 11) is 0. The van der Waals surface area contributed by atoms with Gasteiger partial charge in [0.15, 0.2) is 0 Å². The first kappa shape index (κ1) is 16.0. The van der Waals surface area contributed by atoms with Gasteiger partial charge in [0.25, 0.3) is 0 Å². The second-order valence-electron chi connectivity index (χ2n) is 8.21. The van der Waals surface area contributed by atoms with Gasteiger partial charge in [-0.15, -0.1) is 5.10 Å². The molecule has 2 aromatic rings. The molecule has 26 heavy (non-hydrogen) atoms. The summed E-state index contributed by atoms with van der Waals surface area (Å²) in [5, 5.41) is 16.2. The van der Waals surface area contributed by atoms with E-state index in [0.29, 0.717) is 30.2 Å². The van der Waals surface area contributed by atoms with Gasteiger partial charge in [0.05, 0.1) is 12.4 Å². The zero-order valence-corrected chi connectivity index (χ0v) is 15.1. The van der Waals surface area contributed by atoms with Crippen molar-refractivity contribution in [2.24, 2.45) is 5.92 Å². The lowest BCUT2D eigenvalue weighted by Crippen LogP contribution is -2.27. The maximum atomic E-state index is 12.1.